The Balaban J connectivity index is 1.59. The maximum absolute atomic E-state index is 13.7. The van der Waals surface area contributed by atoms with E-state index < -0.39 is 0 Å². The van der Waals surface area contributed by atoms with Crippen molar-refractivity contribution in [2.24, 2.45) is 0 Å². The van der Waals surface area contributed by atoms with Gasteiger partial charge in [0.1, 0.15) is 11.3 Å². The van der Waals surface area contributed by atoms with Crippen LogP contribution in [0.1, 0.15) is 11.1 Å². The van der Waals surface area contributed by atoms with Crippen LogP contribution in [0.5, 0.6) is 0 Å². The summed E-state index contributed by atoms with van der Waals surface area (Å²) in [4.78, 5) is 2.27. The molecule has 0 spiro atoms. The van der Waals surface area contributed by atoms with E-state index in [4.69, 9.17) is 0 Å². The van der Waals surface area contributed by atoms with Gasteiger partial charge in [0.25, 0.3) is 0 Å². The van der Waals surface area contributed by atoms with Gasteiger partial charge in [-0.05, 0) is 35.7 Å². The van der Waals surface area contributed by atoms with Gasteiger partial charge in [-0.25, -0.2) is 9.07 Å². The highest BCUT2D eigenvalue weighted by Crippen LogP contribution is 2.22. The lowest BCUT2D eigenvalue weighted by molar-refractivity contribution is 0.190. The van der Waals surface area contributed by atoms with Crippen molar-refractivity contribution >= 4 is 11.0 Å². The molecule has 0 atom stereocenters. The fraction of sp³-hybridized carbons (Fsp3) is 0.250. The largest absolute Gasteiger partial charge is 0.280 e. The SMILES string of the molecule is Fc1cccc2c1CCN(Cn1nnc3ccccc31)C2. The highest BCUT2D eigenvalue weighted by atomic mass is 19.1. The summed E-state index contributed by atoms with van der Waals surface area (Å²) in [5.74, 6) is -0.0849. The van der Waals surface area contributed by atoms with Crippen LogP contribution < -0.4 is 0 Å². The number of para-hydroxylation sites is 1. The van der Waals surface area contributed by atoms with Crippen molar-refractivity contribution in [3.8, 4) is 0 Å². The number of rotatable bonds is 2. The molecule has 0 bridgehead atoms. The second-order valence-corrected chi connectivity index (χ2v) is 5.40. The molecule has 0 fully saturated rings. The molecule has 0 saturated carbocycles. The molecule has 0 N–H and O–H groups in total. The lowest BCUT2D eigenvalue weighted by Gasteiger charge is -2.28. The zero-order valence-corrected chi connectivity index (χ0v) is 11.5. The molecular weight excluding hydrogens is 267 g/mol. The highest BCUT2D eigenvalue weighted by Gasteiger charge is 2.19. The minimum Gasteiger partial charge on any atom is -0.280 e. The fourth-order valence-electron chi connectivity index (χ4n) is 2.95. The molecule has 1 aliphatic rings. The zero-order chi connectivity index (χ0) is 14.2. The fourth-order valence-corrected chi connectivity index (χ4v) is 2.95. The Morgan fingerprint density at radius 2 is 2.00 bits per heavy atom. The van der Waals surface area contributed by atoms with Crippen LogP contribution in [-0.2, 0) is 19.6 Å². The van der Waals surface area contributed by atoms with Gasteiger partial charge < -0.3 is 0 Å². The van der Waals surface area contributed by atoms with Crippen LogP contribution in [0.15, 0.2) is 42.5 Å². The summed E-state index contributed by atoms with van der Waals surface area (Å²) in [6.07, 6.45) is 0.745. The highest BCUT2D eigenvalue weighted by molar-refractivity contribution is 5.73. The summed E-state index contributed by atoms with van der Waals surface area (Å²) in [5, 5.41) is 8.38. The monoisotopic (exact) mass is 282 g/mol. The van der Waals surface area contributed by atoms with Crippen LogP contribution in [0.25, 0.3) is 11.0 Å². The smallest absolute Gasteiger partial charge is 0.126 e. The van der Waals surface area contributed by atoms with Crippen LogP contribution in [0.4, 0.5) is 4.39 Å². The third-order valence-electron chi connectivity index (χ3n) is 4.04. The van der Waals surface area contributed by atoms with Gasteiger partial charge >= 0.3 is 0 Å². The number of hydrogen-bond donors (Lipinski definition) is 0. The Morgan fingerprint density at radius 1 is 1.10 bits per heavy atom. The summed E-state index contributed by atoms with van der Waals surface area (Å²) < 4.78 is 15.6. The number of benzene rings is 2. The molecule has 106 valence electrons. The van der Waals surface area contributed by atoms with Crippen molar-refractivity contribution in [2.75, 3.05) is 6.54 Å². The molecule has 0 amide bonds. The van der Waals surface area contributed by atoms with Crippen molar-refractivity contribution in [1.29, 1.82) is 0 Å². The Hall–Kier alpha value is -2.27. The van der Waals surface area contributed by atoms with Gasteiger partial charge in [-0.3, -0.25) is 4.90 Å². The molecular formula is C16H15FN4. The molecule has 1 aliphatic heterocycles. The Morgan fingerprint density at radius 3 is 2.95 bits per heavy atom. The first kappa shape index (κ1) is 12.5. The van der Waals surface area contributed by atoms with Gasteiger partial charge in [-0.1, -0.05) is 29.5 Å². The Kier molecular flexibility index (Phi) is 2.93. The molecule has 2 heterocycles. The average Bonchev–Trinajstić information content (AvgIpc) is 2.91. The minimum atomic E-state index is -0.0849. The second-order valence-electron chi connectivity index (χ2n) is 5.40. The normalized spacial score (nSPS) is 15.3. The van der Waals surface area contributed by atoms with Gasteiger partial charge in [-0.15, -0.1) is 5.10 Å². The predicted octanol–water partition coefficient (Wildman–Crippen LogP) is 2.59. The Labute approximate surface area is 121 Å². The quantitative estimate of drug-likeness (QED) is 0.724. The average molecular weight is 282 g/mol. The number of nitrogens with zero attached hydrogens (tertiary/aromatic N) is 4. The van der Waals surface area contributed by atoms with Crippen LogP contribution in [-0.4, -0.2) is 26.4 Å². The predicted molar refractivity (Wildman–Crippen MR) is 78.0 cm³/mol. The van der Waals surface area contributed by atoms with E-state index in [-0.39, 0.29) is 5.82 Å². The van der Waals surface area contributed by atoms with Gasteiger partial charge in [0.2, 0.25) is 0 Å². The maximum atomic E-state index is 13.7. The minimum absolute atomic E-state index is 0.0849. The van der Waals surface area contributed by atoms with Crippen molar-refractivity contribution in [1.82, 2.24) is 19.9 Å². The summed E-state index contributed by atoms with van der Waals surface area (Å²) in [7, 11) is 0. The third-order valence-corrected chi connectivity index (χ3v) is 4.04. The lowest BCUT2D eigenvalue weighted by atomic mass is 9.99. The van der Waals surface area contributed by atoms with Crippen LogP contribution in [0.3, 0.4) is 0 Å². The summed E-state index contributed by atoms with van der Waals surface area (Å²) in [5.41, 5.74) is 3.87. The van der Waals surface area contributed by atoms with E-state index in [2.05, 4.69) is 15.2 Å². The van der Waals surface area contributed by atoms with E-state index in [9.17, 15) is 4.39 Å². The number of fused-ring (bicyclic) bond motifs is 2. The Bertz CT molecular complexity index is 796. The third kappa shape index (κ3) is 2.19. The van der Waals surface area contributed by atoms with Gasteiger partial charge in [-0.2, -0.15) is 0 Å². The van der Waals surface area contributed by atoms with E-state index in [1.807, 2.05) is 35.0 Å². The molecule has 3 aromatic rings. The molecule has 0 radical (unpaired) electrons. The molecule has 0 aliphatic carbocycles. The van der Waals surface area contributed by atoms with E-state index >= 15 is 0 Å². The maximum Gasteiger partial charge on any atom is 0.126 e. The van der Waals surface area contributed by atoms with Gasteiger partial charge in [0.15, 0.2) is 0 Å². The van der Waals surface area contributed by atoms with E-state index in [1.165, 1.54) is 0 Å². The van der Waals surface area contributed by atoms with Crippen LogP contribution in [0.2, 0.25) is 0 Å². The molecule has 5 heteroatoms. The first-order valence-corrected chi connectivity index (χ1v) is 7.08. The molecule has 4 rings (SSSR count). The lowest BCUT2D eigenvalue weighted by Crippen LogP contribution is -2.33. The summed E-state index contributed by atoms with van der Waals surface area (Å²) in [6, 6.07) is 13.3. The van der Waals surface area contributed by atoms with E-state index in [0.717, 1.165) is 41.7 Å². The first-order chi connectivity index (χ1) is 10.3. The van der Waals surface area contributed by atoms with Gasteiger partial charge in [0, 0.05) is 13.1 Å². The molecule has 0 saturated heterocycles. The second kappa shape index (κ2) is 4.93. The van der Waals surface area contributed by atoms with Crippen molar-refractivity contribution in [3.63, 3.8) is 0 Å². The molecule has 1 aromatic heterocycles. The zero-order valence-electron chi connectivity index (χ0n) is 11.5. The van der Waals surface area contributed by atoms with E-state index in [0.29, 0.717) is 6.67 Å². The molecule has 2 aromatic carbocycles. The van der Waals surface area contributed by atoms with Crippen LogP contribution in [0, 0.1) is 5.82 Å². The summed E-state index contributed by atoms with van der Waals surface area (Å²) in [6.45, 7) is 2.26. The molecule has 21 heavy (non-hydrogen) atoms. The number of aromatic nitrogens is 3. The number of halogens is 1. The van der Waals surface area contributed by atoms with Crippen LogP contribution >= 0.6 is 0 Å². The summed E-state index contributed by atoms with van der Waals surface area (Å²) >= 11 is 0. The van der Waals surface area contributed by atoms with Gasteiger partial charge in [0.05, 0.1) is 12.2 Å². The van der Waals surface area contributed by atoms with Crippen molar-refractivity contribution in [2.45, 2.75) is 19.6 Å². The van der Waals surface area contributed by atoms with Crippen molar-refractivity contribution in [3.05, 3.63) is 59.4 Å². The van der Waals surface area contributed by atoms with Crippen molar-refractivity contribution < 1.29 is 4.39 Å². The number of hydrogen-bond acceptors (Lipinski definition) is 3. The standard InChI is InChI=1S/C16H15FN4/c17-14-5-3-4-12-10-20(9-8-13(12)14)11-21-16-7-2-1-6-15(16)18-19-21/h1-7H,8-11H2. The first-order valence-electron chi connectivity index (χ1n) is 7.08. The topological polar surface area (TPSA) is 34.0 Å². The molecule has 4 nitrogen and oxygen atoms in total. The van der Waals surface area contributed by atoms with E-state index in [1.54, 1.807) is 12.1 Å². The molecule has 0 unspecified atom stereocenters.